The molecule has 0 atom stereocenters. The van der Waals surface area contributed by atoms with Crippen molar-refractivity contribution in [1.82, 2.24) is 5.32 Å². The van der Waals surface area contributed by atoms with E-state index in [0.717, 1.165) is 12.2 Å². The van der Waals surface area contributed by atoms with Gasteiger partial charge in [-0.2, -0.15) is 0 Å². The number of hydrogen-bond acceptors (Lipinski definition) is 2. The van der Waals surface area contributed by atoms with Crippen molar-refractivity contribution in [3.8, 4) is 5.75 Å². The van der Waals surface area contributed by atoms with Crippen LogP contribution in [0.4, 0.5) is 0 Å². The van der Waals surface area contributed by atoms with Crippen molar-refractivity contribution < 1.29 is 9.53 Å². The van der Waals surface area contributed by atoms with Crippen molar-refractivity contribution in [3.05, 3.63) is 29.8 Å². The quantitative estimate of drug-likeness (QED) is 0.815. The van der Waals surface area contributed by atoms with Gasteiger partial charge in [0.1, 0.15) is 12.4 Å². The Morgan fingerprint density at radius 3 is 2.56 bits per heavy atom. The predicted octanol–water partition coefficient (Wildman–Crippen LogP) is 2.79. The van der Waals surface area contributed by atoms with Crippen LogP contribution in [0, 0.1) is 5.41 Å². The number of carbonyl (C=O) groups excluding carboxylic acids is 1. The SMILES string of the molecule is CCc1ccccc1OCCNC(=O)C(C)(C)C. The molecule has 0 aliphatic carbocycles. The van der Waals surface area contributed by atoms with Gasteiger partial charge in [-0.05, 0) is 18.1 Å². The van der Waals surface area contributed by atoms with Crippen molar-refractivity contribution in [2.45, 2.75) is 34.1 Å². The highest BCUT2D eigenvalue weighted by Gasteiger charge is 2.20. The molecule has 0 unspecified atom stereocenters. The average molecular weight is 249 g/mol. The van der Waals surface area contributed by atoms with E-state index in [2.05, 4.69) is 18.3 Å². The van der Waals surface area contributed by atoms with E-state index < -0.39 is 0 Å². The summed E-state index contributed by atoms with van der Waals surface area (Å²) in [5, 5.41) is 2.87. The number of nitrogens with one attached hydrogen (secondary N) is 1. The number of aryl methyl sites for hydroxylation is 1. The lowest BCUT2D eigenvalue weighted by molar-refractivity contribution is -0.128. The first-order valence-electron chi connectivity index (χ1n) is 6.44. The second-order valence-electron chi connectivity index (χ2n) is 5.32. The normalized spacial score (nSPS) is 11.1. The Labute approximate surface area is 110 Å². The zero-order chi connectivity index (χ0) is 13.6. The van der Waals surface area contributed by atoms with Crippen LogP contribution in [0.25, 0.3) is 0 Å². The molecular formula is C15H23NO2. The summed E-state index contributed by atoms with van der Waals surface area (Å²) in [6.07, 6.45) is 0.949. The number of rotatable bonds is 5. The highest BCUT2D eigenvalue weighted by atomic mass is 16.5. The van der Waals surface area contributed by atoms with Gasteiger partial charge in [-0.15, -0.1) is 0 Å². The van der Waals surface area contributed by atoms with Gasteiger partial charge >= 0.3 is 0 Å². The van der Waals surface area contributed by atoms with Crippen molar-refractivity contribution in [3.63, 3.8) is 0 Å². The summed E-state index contributed by atoms with van der Waals surface area (Å²) in [5.41, 5.74) is 0.848. The fraction of sp³-hybridized carbons (Fsp3) is 0.533. The number of benzene rings is 1. The lowest BCUT2D eigenvalue weighted by atomic mass is 9.96. The summed E-state index contributed by atoms with van der Waals surface area (Å²) >= 11 is 0. The van der Waals surface area contributed by atoms with Crippen molar-refractivity contribution >= 4 is 5.91 Å². The van der Waals surface area contributed by atoms with Crippen molar-refractivity contribution in [2.75, 3.05) is 13.2 Å². The molecule has 0 aliphatic rings. The van der Waals surface area contributed by atoms with E-state index in [1.807, 2.05) is 39.0 Å². The predicted molar refractivity (Wildman–Crippen MR) is 73.8 cm³/mol. The summed E-state index contributed by atoms with van der Waals surface area (Å²) < 4.78 is 5.68. The summed E-state index contributed by atoms with van der Waals surface area (Å²) in [5.74, 6) is 0.958. The van der Waals surface area contributed by atoms with Crippen molar-refractivity contribution in [2.24, 2.45) is 5.41 Å². The highest BCUT2D eigenvalue weighted by molar-refractivity contribution is 5.81. The lowest BCUT2D eigenvalue weighted by Gasteiger charge is -2.18. The Bertz CT molecular complexity index is 394. The highest BCUT2D eigenvalue weighted by Crippen LogP contribution is 2.18. The second kappa shape index (κ2) is 6.43. The average Bonchev–Trinajstić information content (AvgIpc) is 2.33. The zero-order valence-corrected chi connectivity index (χ0v) is 11.7. The van der Waals surface area contributed by atoms with E-state index in [1.54, 1.807) is 0 Å². The Morgan fingerprint density at radius 2 is 1.94 bits per heavy atom. The van der Waals surface area contributed by atoms with Crippen LogP contribution in [0.3, 0.4) is 0 Å². The molecule has 1 aromatic rings. The van der Waals surface area contributed by atoms with Crippen LogP contribution < -0.4 is 10.1 Å². The maximum Gasteiger partial charge on any atom is 0.225 e. The molecule has 0 fully saturated rings. The molecule has 1 N–H and O–H groups in total. The van der Waals surface area contributed by atoms with Gasteiger partial charge in [0.05, 0.1) is 6.54 Å². The van der Waals surface area contributed by atoms with Crippen molar-refractivity contribution in [1.29, 1.82) is 0 Å². The summed E-state index contributed by atoms with van der Waals surface area (Å²) in [4.78, 5) is 11.6. The van der Waals surface area contributed by atoms with Crippen LogP contribution in [0.5, 0.6) is 5.75 Å². The van der Waals surface area contributed by atoms with Crippen LogP contribution in [-0.4, -0.2) is 19.1 Å². The minimum atomic E-state index is -0.346. The molecule has 0 saturated carbocycles. The van der Waals surface area contributed by atoms with Gasteiger partial charge < -0.3 is 10.1 Å². The van der Waals surface area contributed by atoms with Gasteiger partial charge in [0, 0.05) is 5.41 Å². The molecule has 0 radical (unpaired) electrons. The van der Waals surface area contributed by atoms with Gasteiger partial charge in [-0.3, -0.25) is 4.79 Å². The molecule has 100 valence electrons. The van der Waals surface area contributed by atoms with Gasteiger partial charge in [0.2, 0.25) is 5.91 Å². The fourth-order valence-electron chi connectivity index (χ4n) is 1.53. The third kappa shape index (κ3) is 4.40. The van der Waals surface area contributed by atoms with E-state index >= 15 is 0 Å². The molecule has 0 aromatic heterocycles. The Morgan fingerprint density at radius 1 is 1.28 bits per heavy atom. The fourth-order valence-corrected chi connectivity index (χ4v) is 1.53. The van der Waals surface area contributed by atoms with E-state index in [-0.39, 0.29) is 11.3 Å². The van der Waals surface area contributed by atoms with Crippen LogP contribution in [0.15, 0.2) is 24.3 Å². The molecule has 0 spiro atoms. The first-order chi connectivity index (χ1) is 8.45. The van der Waals surface area contributed by atoms with Crippen LogP contribution in [-0.2, 0) is 11.2 Å². The molecule has 0 bridgehead atoms. The molecule has 1 rings (SSSR count). The summed E-state index contributed by atoms with van der Waals surface area (Å²) in [6.45, 7) is 8.83. The number of carbonyl (C=O) groups is 1. The maximum atomic E-state index is 11.6. The number of para-hydroxylation sites is 1. The minimum Gasteiger partial charge on any atom is -0.491 e. The molecule has 1 amide bonds. The third-order valence-electron chi connectivity index (χ3n) is 2.68. The Balaban J connectivity index is 2.36. The number of ether oxygens (including phenoxy) is 1. The molecule has 0 saturated heterocycles. The first-order valence-corrected chi connectivity index (χ1v) is 6.44. The first kappa shape index (κ1) is 14.6. The smallest absolute Gasteiger partial charge is 0.225 e. The Hall–Kier alpha value is -1.51. The topological polar surface area (TPSA) is 38.3 Å². The van der Waals surface area contributed by atoms with Gasteiger partial charge in [0.15, 0.2) is 0 Å². The Kier molecular flexibility index (Phi) is 5.20. The van der Waals surface area contributed by atoms with E-state index in [9.17, 15) is 4.79 Å². The molecule has 3 heteroatoms. The van der Waals surface area contributed by atoms with E-state index in [4.69, 9.17) is 4.74 Å². The minimum absolute atomic E-state index is 0.0508. The molecule has 0 aliphatic heterocycles. The molecule has 18 heavy (non-hydrogen) atoms. The summed E-state index contributed by atoms with van der Waals surface area (Å²) in [7, 11) is 0. The number of amides is 1. The molecule has 3 nitrogen and oxygen atoms in total. The molecule has 1 aromatic carbocycles. The second-order valence-corrected chi connectivity index (χ2v) is 5.32. The van der Waals surface area contributed by atoms with Gasteiger partial charge in [0.25, 0.3) is 0 Å². The maximum absolute atomic E-state index is 11.6. The monoisotopic (exact) mass is 249 g/mol. The standard InChI is InChI=1S/C15H23NO2/c1-5-12-8-6-7-9-13(12)18-11-10-16-14(17)15(2,3)4/h6-9H,5,10-11H2,1-4H3,(H,16,17). The largest absolute Gasteiger partial charge is 0.491 e. The summed E-state index contributed by atoms with van der Waals surface area (Å²) in [6, 6.07) is 7.99. The molecule has 0 heterocycles. The third-order valence-corrected chi connectivity index (χ3v) is 2.68. The van der Waals surface area contributed by atoms with Gasteiger partial charge in [-0.25, -0.2) is 0 Å². The van der Waals surface area contributed by atoms with E-state index in [0.29, 0.717) is 13.2 Å². The van der Waals surface area contributed by atoms with E-state index in [1.165, 1.54) is 5.56 Å². The van der Waals surface area contributed by atoms with Crippen LogP contribution in [0.2, 0.25) is 0 Å². The number of hydrogen-bond donors (Lipinski definition) is 1. The van der Waals surface area contributed by atoms with Crippen LogP contribution >= 0.6 is 0 Å². The van der Waals surface area contributed by atoms with Gasteiger partial charge in [-0.1, -0.05) is 45.9 Å². The van der Waals surface area contributed by atoms with Crippen LogP contribution in [0.1, 0.15) is 33.3 Å². The zero-order valence-electron chi connectivity index (χ0n) is 11.7. The lowest BCUT2D eigenvalue weighted by Crippen LogP contribution is -2.37. The molecular weight excluding hydrogens is 226 g/mol.